The molecule has 0 aliphatic carbocycles. The summed E-state index contributed by atoms with van der Waals surface area (Å²) in [5, 5.41) is 14.2. The summed E-state index contributed by atoms with van der Waals surface area (Å²) in [5.74, 6) is -0.725. The van der Waals surface area contributed by atoms with E-state index in [-0.39, 0.29) is 6.04 Å². The fourth-order valence-corrected chi connectivity index (χ4v) is 3.61. The topological polar surface area (TPSA) is 49.3 Å². The van der Waals surface area contributed by atoms with Crippen LogP contribution in [0.15, 0.2) is 15.9 Å². The first kappa shape index (κ1) is 12.1. The maximum atomic E-state index is 10.9. The van der Waals surface area contributed by atoms with E-state index in [1.807, 2.05) is 0 Å². The van der Waals surface area contributed by atoms with E-state index >= 15 is 0 Å². The fourth-order valence-electron chi connectivity index (χ4n) is 2.08. The third kappa shape index (κ3) is 3.06. The molecule has 1 saturated heterocycles. The Kier molecular flexibility index (Phi) is 4.00. The highest BCUT2D eigenvalue weighted by molar-refractivity contribution is 9.10. The molecule has 2 unspecified atom stereocenters. The van der Waals surface area contributed by atoms with Crippen LogP contribution in [0.25, 0.3) is 0 Å². The largest absolute Gasteiger partial charge is 0.480 e. The average Bonchev–Trinajstić information content (AvgIpc) is 2.64. The third-order valence-corrected chi connectivity index (χ3v) is 4.57. The van der Waals surface area contributed by atoms with Gasteiger partial charge in [0.2, 0.25) is 0 Å². The number of halogens is 1. The maximum absolute atomic E-state index is 10.9. The minimum absolute atomic E-state index is 0.306. The van der Waals surface area contributed by atoms with Crippen molar-refractivity contribution in [3.8, 4) is 0 Å². The molecule has 2 heterocycles. The van der Waals surface area contributed by atoms with E-state index in [9.17, 15) is 4.79 Å². The maximum Gasteiger partial charge on any atom is 0.320 e. The Morgan fingerprint density at radius 2 is 2.44 bits per heavy atom. The first-order valence-electron chi connectivity index (χ1n) is 5.37. The van der Waals surface area contributed by atoms with Crippen molar-refractivity contribution in [3.63, 3.8) is 0 Å². The Bertz CT molecular complexity index is 380. The van der Waals surface area contributed by atoms with E-state index in [2.05, 4.69) is 32.7 Å². The Hall–Kier alpha value is -0.390. The number of carboxylic acid groups (broad SMARTS) is 1. The van der Waals surface area contributed by atoms with E-state index in [4.69, 9.17) is 5.11 Å². The van der Waals surface area contributed by atoms with Crippen LogP contribution in [0.3, 0.4) is 0 Å². The summed E-state index contributed by atoms with van der Waals surface area (Å²) < 4.78 is 1.11. The molecule has 0 radical (unpaired) electrons. The van der Waals surface area contributed by atoms with Gasteiger partial charge < -0.3 is 10.4 Å². The van der Waals surface area contributed by atoms with Crippen molar-refractivity contribution in [3.05, 3.63) is 20.8 Å². The molecular formula is C11H14BrNO2S. The number of nitrogens with one attached hydrogen (secondary N) is 1. The first-order chi connectivity index (χ1) is 7.65. The van der Waals surface area contributed by atoms with Gasteiger partial charge in [-0.15, -0.1) is 11.3 Å². The Morgan fingerprint density at radius 1 is 1.62 bits per heavy atom. The van der Waals surface area contributed by atoms with Crippen LogP contribution in [0.5, 0.6) is 0 Å². The summed E-state index contributed by atoms with van der Waals surface area (Å²) in [5.41, 5.74) is 0. The summed E-state index contributed by atoms with van der Waals surface area (Å²) in [6, 6.07) is 2.05. The molecule has 1 aliphatic rings. The molecule has 88 valence electrons. The van der Waals surface area contributed by atoms with Gasteiger partial charge in [-0.1, -0.05) is 0 Å². The highest BCUT2D eigenvalue weighted by Crippen LogP contribution is 2.23. The van der Waals surface area contributed by atoms with Crippen LogP contribution < -0.4 is 5.32 Å². The summed E-state index contributed by atoms with van der Waals surface area (Å²) in [6.07, 6.45) is 3.75. The lowest BCUT2D eigenvalue weighted by atomic mass is 9.96. The fraction of sp³-hybridized carbons (Fsp3) is 0.545. The number of thiophene rings is 1. The summed E-state index contributed by atoms with van der Waals surface area (Å²) in [6.45, 7) is 0. The van der Waals surface area contributed by atoms with Crippen molar-refractivity contribution in [1.29, 1.82) is 0 Å². The van der Waals surface area contributed by atoms with Gasteiger partial charge >= 0.3 is 5.97 Å². The lowest BCUT2D eigenvalue weighted by Crippen LogP contribution is -2.47. The van der Waals surface area contributed by atoms with Crippen LogP contribution in [0.1, 0.15) is 24.1 Å². The number of hydrogen-bond acceptors (Lipinski definition) is 3. The molecule has 0 aromatic carbocycles. The number of hydrogen-bond donors (Lipinski definition) is 2. The Labute approximate surface area is 107 Å². The first-order valence-corrected chi connectivity index (χ1v) is 7.04. The van der Waals surface area contributed by atoms with Gasteiger partial charge in [0.05, 0.1) is 0 Å². The zero-order valence-corrected chi connectivity index (χ0v) is 11.2. The molecule has 5 heteroatoms. The molecule has 2 atom stereocenters. The van der Waals surface area contributed by atoms with Gasteiger partial charge in [0, 0.05) is 20.8 Å². The molecular weight excluding hydrogens is 290 g/mol. The van der Waals surface area contributed by atoms with Crippen molar-refractivity contribution >= 4 is 33.2 Å². The normalized spacial score (nSPS) is 25.6. The molecule has 2 rings (SSSR count). The predicted molar refractivity (Wildman–Crippen MR) is 67.9 cm³/mol. The SMILES string of the molecule is O=C(O)C1CCCC(Cc2cc(Br)cs2)N1. The number of carbonyl (C=O) groups is 1. The predicted octanol–water partition coefficient (Wildman–Crippen LogP) is 2.65. The molecule has 1 aromatic heterocycles. The smallest absolute Gasteiger partial charge is 0.320 e. The molecule has 0 bridgehead atoms. The van der Waals surface area contributed by atoms with Gasteiger partial charge in [0.15, 0.2) is 0 Å². The quantitative estimate of drug-likeness (QED) is 0.902. The zero-order valence-electron chi connectivity index (χ0n) is 8.78. The second-order valence-corrected chi connectivity index (χ2v) is 6.03. The van der Waals surface area contributed by atoms with Crippen LogP contribution in [0.2, 0.25) is 0 Å². The van der Waals surface area contributed by atoms with Crippen LogP contribution in [-0.4, -0.2) is 23.2 Å². The minimum atomic E-state index is -0.725. The van der Waals surface area contributed by atoms with Gasteiger partial charge in [-0.25, -0.2) is 0 Å². The van der Waals surface area contributed by atoms with Crippen molar-refractivity contribution in [2.45, 2.75) is 37.8 Å². The Morgan fingerprint density at radius 3 is 3.06 bits per heavy atom. The van der Waals surface area contributed by atoms with Crippen molar-refractivity contribution in [2.24, 2.45) is 0 Å². The van der Waals surface area contributed by atoms with Crippen molar-refractivity contribution in [1.82, 2.24) is 5.32 Å². The molecule has 2 N–H and O–H groups in total. The second kappa shape index (κ2) is 5.29. The molecule has 0 spiro atoms. The van der Waals surface area contributed by atoms with Gasteiger partial charge in [-0.3, -0.25) is 4.79 Å². The number of aliphatic carboxylic acids is 1. The van der Waals surface area contributed by atoms with Gasteiger partial charge in [0.1, 0.15) is 6.04 Å². The lowest BCUT2D eigenvalue weighted by molar-refractivity contribution is -0.140. The van der Waals surface area contributed by atoms with Gasteiger partial charge in [0.25, 0.3) is 0 Å². The average molecular weight is 304 g/mol. The lowest BCUT2D eigenvalue weighted by Gasteiger charge is -2.28. The number of rotatable bonds is 3. The van der Waals surface area contributed by atoms with E-state index in [0.29, 0.717) is 6.04 Å². The third-order valence-electron chi connectivity index (χ3n) is 2.85. The van der Waals surface area contributed by atoms with Crippen LogP contribution >= 0.6 is 27.3 Å². The molecule has 0 saturated carbocycles. The van der Waals surface area contributed by atoms with Crippen LogP contribution in [0, 0.1) is 0 Å². The second-order valence-electron chi connectivity index (χ2n) is 4.12. The summed E-state index contributed by atoms with van der Waals surface area (Å²) in [7, 11) is 0. The molecule has 16 heavy (non-hydrogen) atoms. The summed E-state index contributed by atoms with van der Waals surface area (Å²) >= 11 is 5.15. The standard InChI is InChI=1S/C11H14BrNO2S/c12-7-4-9(16-6-7)5-8-2-1-3-10(13-8)11(14)15/h4,6,8,10,13H,1-3,5H2,(H,14,15). The molecule has 1 fully saturated rings. The number of carboxylic acids is 1. The molecule has 1 aliphatic heterocycles. The summed E-state index contributed by atoms with van der Waals surface area (Å²) in [4.78, 5) is 12.2. The van der Waals surface area contributed by atoms with E-state index in [1.165, 1.54) is 4.88 Å². The highest BCUT2D eigenvalue weighted by Gasteiger charge is 2.26. The van der Waals surface area contributed by atoms with Crippen LogP contribution in [0.4, 0.5) is 0 Å². The van der Waals surface area contributed by atoms with Crippen molar-refractivity contribution in [2.75, 3.05) is 0 Å². The molecule has 0 amide bonds. The minimum Gasteiger partial charge on any atom is -0.480 e. The Balaban J connectivity index is 1.92. The van der Waals surface area contributed by atoms with Gasteiger partial charge in [-0.2, -0.15) is 0 Å². The zero-order chi connectivity index (χ0) is 11.5. The van der Waals surface area contributed by atoms with Crippen molar-refractivity contribution < 1.29 is 9.90 Å². The van der Waals surface area contributed by atoms with E-state index in [1.54, 1.807) is 11.3 Å². The number of piperidine rings is 1. The van der Waals surface area contributed by atoms with Gasteiger partial charge in [-0.05, 0) is 47.7 Å². The van der Waals surface area contributed by atoms with Crippen LogP contribution in [-0.2, 0) is 11.2 Å². The highest BCUT2D eigenvalue weighted by atomic mass is 79.9. The molecule has 1 aromatic rings. The molecule has 3 nitrogen and oxygen atoms in total. The monoisotopic (exact) mass is 303 g/mol. The van der Waals surface area contributed by atoms with E-state index in [0.717, 1.165) is 30.2 Å². The van der Waals surface area contributed by atoms with E-state index < -0.39 is 5.97 Å².